The van der Waals surface area contributed by atoms with Crippen LogP contribution in [0.5, 0.6) is 0 Å². The topological polar surface area (TPSA) is 15.8 Å². The Labute approximate surface area is 107 Å². The summed E-state index contributed by atoms with van der Waals surface area (Å²) in [6.45, 7) is 1.99. The van der Waals surface area contributed by atoms with Gasteiger partial charge in [0, 0.05) is 5.69 Å². The molecule has 1 aromatic carbocycles. The first-order valence-electron chi connectivity index (χ1n) is 4.23. The number of nitrogens with one attached hydrogen (secondary N) is 1. The van der Waals surface area contributed by atoms with Gasteiger partial charge in [-0.15, -0.1) is 11.3 Å². The Morgan fingerprint density at radius 2 is 2.00 bits per heavy atom. The summed E-state index contributed by atoms with van der Waals surface area (Å²) in [5, 5.41) is 1.13. The molecular formula is C10H7Cl2NS2. The van der Waals surface area contributed by atoms with Crippen molar-refractivity contribution in [2.45, 2.75) is 6.92 Å². The first-order valence-corrected chi connectivity index (χ1v) is 6.21. The standard InChI is InChI=1S/C10H7Cl2NS2/c1-5-9(15-10(14)13-5)6-2-3-7(11)8(12)4-6/h2-4H,1H3,(H,13,14). The van der Waals surface area contributed by atoms with Crippen LogP contribution in [0, 0.1) is 10.9 Å². The van der Waals surface area contributed by atoms with Crippen LogP contribution in [0.3, 0.4) is 0 Å². The van der Waals surface area contributed by atoms with Gasteiger partial charge in [-0.25, -0.2) is 0 Å². The van der Waals surface area contributed by atoms with Crippen molar-refractivity contribution in [1.29, 1.82) is 0 Å². The maximum Gasteiger partial charge on any atom is 0.159 e. The molecule has 0 saturated carbocycles. The third-order valence-electron chi connectivity index (χ3n) is 2.01. The Balaban J connectivity index is 2.59. The van der Waals surface area contributed by atoms with E-state index in [4.69, 9.17) is 35.4 Å². The highest BCUT2D eigenvalue weighted by molar-refractivity contribution is 7.73. The van der Waals surface area contributed by atoms with Gasteiger partial charge < -0.3 is 4.98 Å². The predicted molar refractivity (Wildman–Crippen MR) is 69.7 cm³/mol. The Kier molecular flexibility index (Phi) is 3.16. The second-order valence-electron chi connectivity index (χ2n) is 3.10. The van der Waals surface area contributed by atoms with Gasteiger partial charge in [-0.2, -0.15) is 0 Å². The van der Waals surface area contributed by atoms with Crippen LogP contribution < -0.4 is 0 Å². The summed E-state index contributed by atoms with van der Waals surface area (Å²) in [6, 6.07) is 5.59. The molecule has 0 unspecified atom stereocenters. The molecule has 0 aliphatic heterocycles. The molecule has 0 bridgehead atoms. The van der Waals surface area contributed by atoms with E-state index < -0.39 is 0 Å². The fraction of sp³-hybridized carbons (Fsp3) is 0.100. The maximum atomic E-state index is 5.96. The fourth-order valence-electron chi connectivity index (χ4n) is 1.32. The SMILES string of the molecule is Cc1[nH]c(=S)sc1-c1ccc(Cl)c(Cl)c1. The Bertz CT molecular complexity index is 557. The van der Waals surface area contributed by atoms with Crippen LogP contribution >= 0.6 is 46.8 Å². The minimum atomic E-state index is 0.563. The largest absolute Gasteiger partial charge is 0.341 e. The lowest BCUT2D eigenvalue weighted by atomic mass is 10.2. The van der Waals surface area contributed by atoms with Crippen molar-refractivity contribution in [2.24, 2.45) is 0 Å². The third-order valence-corrected chi connectivity index (χ3v) is 4.13. The molecule has 0 atom stereocenters. The van der Waals surface area contributed by atoms with Crippen LogP contribution in [0.1, 0.15) is 5.69 Å². The summed E-state index contributed by atoms with van der Waals surface area (Å²) >= 11 is 18.4. The van der Waals surface area contributed by atoms with Gasteiger partial charge in [0.05, 0.1) is 14.9 Å². The van der Waals surface area contributed by atoms with Crippen molar-refractivity contribution in [3.05, 3.63) is 37.9 Å². The number of hydrogen-bond acceptors (Lipinski definition) is 2. The van der Waals surface area contributed by atoms with Crippen LogP contribution in [0.4, 0.5) is 0 Å². The highest BCUT2D eigenvalue weighted by atomic mass is 35.5. The molecule has 2 rings (SSSR count). The molecule has 0 radical (unpaired) electrons. The first-order chi connectivity index (χ1) is 7.08. The monoisotopic (exact) mass is 275 g/mol. The molecule has 0 saturated heterocycles. The molecule has 0 aliphatic carbocycles. The Morgan fingerprint density at radius 3 is 2.53 bits per heavy atom. The van der Waals surface area contributed by atoms with Crippen molar-refractivity contribution in [3.8, 4) is 10.4 Å². The van der Waals surface area contributed by atoms with E-state index in [-0.39, 0.29) is 0 Å². The number of hydrogen-bond donors (Lipinski definition) is 1. The van der Waals surface area contributed by atoms with Gasteiger partial charge in [0.15, 0.2) is 3.95 Å². The number of H-pyrrole nitrogens is 1. The summed E-state index contributed by atoms with van der Waals surface area (Å²) in [6.07, 6.45) is 0. The van der Waals surface area contributed by atoms with Gasteiger partial charge in [0.1, 0.15) is 0 Å². The number of aryl methyl sites for hydroxylation is 1. The van der Waals surface area contributed by atoms with Crippen molar-refractivity contribution in [1.82, 2.24) is 4.98 Å². The van der Waals surface area contributed by atoms with Gasteiger partial charge >= 0.3 is 0 Å². The van der Waals surface area contributed by atoms with E-state index in [9.17, 15) is 0 Å². The highest BCUT2D eigenvalue weighted by Crippen LogP contribution is 2.32. The quantitative estimate of drug-likeness (QED) is 0.717. The van der Waals surface area contributed by atoms with Crippen molar-refractivity contribution >= 4 is 46.8 Å². The lowest BCUT2D eigenvalue weighted by molar-refractivity contribution is 1.25. The summed E-state index contributed by atoms with van der Waals surface area (Å²) in [4.78, 5) is 4.21. The van der Waals surface area contributed by atoms with Crippen LogP contribution in [0.15, 0.2) is 18.2 Å². The Morgan fingerprint density at radius 1 is 1.27 bits per heavy atom. The van der Waals surface area contributed by atoms with Crippen molar-refractivity contribution in [2.75, 3.05) is 0 Å². The fourth-order valence-corrected chi connectivity index (χ4v) is 2.86. The molecule has 15 heavy (non-hydrogen) atoms. The van der Waals surface area contributed by atoms with Gasteiger partial charge in [0.25, 0.3) is 0 Å². The second kappa shape index (κ2) is 4.26. The highest BCUT2D eigenvalue weighted by Gasteiger charge is 2.07. The molecule has 1 heterocycles. The number of aromatic amines is 1. The number of rotatable bonds is 1. The van der Waals surface area contributed by atoms with E-state index in [1.54, 1.807) is 6.07 Å². The van der Waals surface area contributed by atoms with E-state index in [2.05, 4.69) is 4.98 Å². The number of thiazole rings is 1. The molecule has 1 nitrogen and oxygen atoms in total. The minimum Gasteiger partial charge on any atom is -0.341 e. The minimum absolute atomic E-state index is 0.563. The van der Waals surface area contributed by atoms with E-state index in [1.165, 1.54) is 11.3 Å². The summed E-state index contributed by atoms with van der Waals surface area (Å²) in [7, 11) is 0. The average molecular weight is 276 g/mol. The molecule has 0 amide bonds. The zero-order valence-corrected chi connectivity index (χ0v) is 10.9. The summed E-state index contributed by atoms with van der Waals surface area (Å²) in [5.74, 6) is 0. The van der Waals surface area contributed by atoms with Gasteiger partial charge in [-0.1, -0.05) is 29.3 Å². The second-order valence-corrected chi connectivity index (χ2v) is 5.60. The molecule has 0 aliphatic rings. The normalized spacial score (nSPS) is 10.6. The zero-order chi connectivity index (χ0) is 11.0. The van der Waals surface area contributed by atoms with Crippen molar-refractivity contribution in [3.63, 3.8) is 0 Å². The molecule has 1 aromatic heterocycles. The molecule has 78 valence electrons. The van der Waals surface area contributed by atoms with Crippen LogP contribution in [-0.4, -0.2) is 4.98 Å². The molecule has 1 N–H and O–H groups in total. The van der Waals surface area contributed by atoms with Gasteiger partial charge in [-0.05, 0) is 36.8 Å². The number of halogens is 2. The van der Waals surface area contributed by atoms with Crippen molar-refractivity contribution < 1.29 is 0 Å². The zero-order valence-electron chi connectivity index (χ0n) is 7.80. The molecular weight excluding hydrogens is 269 g/mol. The predicted octanol–water partition coefficient (Wildman–Crippen LogP) is 5.09. The molecule has 0 spiro atoms. The smallest absolute Gasteiger partial charge is 0.159 e. The third kappa shape index (κ3) is 2.26. The van der Waals surface area contributed by atoms with Gasteiger partial charge in [-0.3, -0.25) is 0 Å². The van der Waals surface area contributed by atoms with E-state index >= 15 is 0 Å². The van der Waals surface area contributed by atoms with E-state index in [1.807, 2.05) is 19.1 Å². The van der Waals surface area contributed by atoms with Crippen LogP contribution in [0.25, 0.3) is 10.4 Å². The average Bonchev–Trinajstić information content (AvgIpc) is 2.50. The molecule has 5 heteroatoms. The van der Waals surface area contributed by atoms with Crippen LogP contribution in [-0.2, 0) is 0 Å². The van der Waals surface area contributed by atoms with E-state index in [0.29, 0.717) is 10.0 Å². The molecule has 0 fully saturated rings. The first kappa shape index (κ1) is 11.1. The maximum absolute atomic E-state index is 5.96. The summed E-state index contributed by atoms with van der Waals surface area (Å²) < 4.78 is 0.772. The summed E-state index contributed by atoms with van der Waals surface area (Å²) in [5.41, 5.74) is 2.10. The molecule has 2 aromatic rings. The Hall–Kier alpha value is -0.350. The van der Waals surface area contributed by atoms with Gasteiger partial charge in [0.2, 0.25) is 0 Å². The van der Waals surface area contributed by atoms with Crippen LogP contribution in [0.2, 0.25) is 10.0 Å². The number of benzene rings is 1. The number of aromatic nitrogens is 1. The lowest BCUT2D eigenvalue weighted by Crippen LogP contribution is -1.78. The van der Waals surface area contributed by atoms with E-state index in [0.717, 1.165) is 20.1 Å². The lowest BCUT2D eigenvalue weighted by Gasteiger charge is -2.01.